The highest BCUT2D eigenvalue weighted by molar-refractivity contribution is 7.88. The van der Waals surface area contributed by atoms with Gasteiger partial charge < -0.3 is 10.4 Å². The molecule has 0 spiro atoms. The maximum absolute atomic E-state index is 13.4. The number of halogens is 2. The molecule has 1 aliphatic rings. The monoisotopic (exact) mass is 511 g/mol. The van der Waals surface area contributed by atoms with Crippen molar-refractivity contribution in [2.75, 3.05) is 6.26 Å². The van der Waals surface area contributed by atoms with Crippen molar-refractivity contribution < 1.29 is 8.42 Å². The number of hydrazine groups is 1. The minimum Gasteiger partial charge on any atom is -0.321 e. The highest BCUT2D eigenvalue weighted by Crippen LogP contribution is 2.38. The van der Waals surface area contributed by atoms with E-state index in [1.54, 1.807) is 48.5 Å². The standard InChI is InChI=1S/C25H19Cl2N3O3S/c1-34(32,33)30-22(15-7-9-17(26)10-8-15)14-21(29-30)24-23(16-5-3-2-4-6-16)19-13-18(27)11-12-20(19)28-25(24)31/h2-14,22,29H,1H3,(H,28,31)/t22-/m1/s1. The Balaban J connectivity index is 1.79. The zero-order valence-electron chi connectivity index (χ0n) is 17.9. The predicted molar refractivity (Wildman–Crippen MR) is 137 cm³/mol. The van der Waals surface area contributed by atoms with E-state index in [9.17, 15) is 13.2 Å². The van der Waals surface area contributed by atoms with Crippen LogP contribution in [0.1, 0.15) is 17.2 Å². The molecule has 0 saturated carbocycles. The summed E-state index contributed by atoms with van der Waals surface area (Å²) in [6.45, 7) is 0. The van der Waals surface area contributed by atoms with E-state index in [1.165, 1.54) is 0 Å². The highest BCUT2D eigenvalue weighted by Gasteiger charge is 2.35. The maximum Gasteiger partial charge on any atom is 0.258 e. The summed E-state index contributed by atoms with van der Waals surface area (Å²) >= 11 is 12.3. The molecule has 34 heavy (non-hydrogen) atoms. The molecule has 0 bridgehead atoms. The summed E-state index contributed by atoms with van der Waals surface area (Å²) in [6, 6.07) is 21.0. The molecule has 1 aromatic heterocycles. The van der Waals surface area contributed by atoms with E-state index in [-0.39, 0.29) is 5.56 Å². The van der Waals surface area contributed by atoms with Gasteiger partial charge in [-0.1, -0.05) is 65.7 Å². The Labute approximate surface area is 206 Å². The third kappa shape index (κ3) is 4.12. The molecule has 172 valence electrons. The average molecular weight is 512 g/mol. The molecule has 9 heteroatoms. The van der Waals surface area contributed by atoms with E-state index in [0.29, 0.717) is 37.9 Å². The lowest BCUT2D eigenvalue weighted by Gasteiger charge is -2.23. The third-order valence-electron chi connectivity index (χ3n) is 5.68. The number of pyridine rings is 1. The zero-order chi connectivity index (χ0) is 24.0. The van der Waals surface area contributed by atoms with E-state index in [0.717, 1.165) is 21.6 Å². The van der Waals surface area contributed by atoms with Crippen molar-refractivity contribution in [3.8, 4) is 11.1 Å². The first-order valence-electron chi connectivity index (χ1n) is 10.4. The number of nitrogens with zero attached hydrogens (tertiary/aromatic N) is 1. The molecule has 2 heterocycles. The number of nitrogens with one attached hydrogen (secondary N) is 2. The molecule has 0 aliphatic carbocycles. The quantitative estimate of drug-likeness (QED) is 0.386. The second-order valence-corrected chi connectivity index (χ2v) is 10.7. The van der Waals surface area contributed by atoms with Crippen molar-refractivity contribution in [1.29, 1.82) is 0 Å². The van der Waals surface area contributed by atoms with Crippen LogP contribution in [-0.2, 0) is 10.0 Å². The van der Waals surface area contributed by atoms with Crippen molar-refractivity contribution >= 4 is 49.8 Å². The molecule has 6 nitrogen and oxygen atoms in total. The van der Waals surface area contributed by atoms with Gasteiger partial charge in [0.15, 0.2) is 0 Å². The summed E-state index contributed by atoms with van der Waals surface area (Å²) in [5, 5.41) is 1.81. The first-order chi connectivity index (χ1) is 16.2. The average Bonchev–Trinajstić information content (AvgIpc) is 3.25. The molecular weight excluding hydrogens is 493 g/mol. The Morgan fingerprint density at radius 3 is 2.24 bits per heavy atom. The summed E-state index contributed by atoms with van der Waals surface area (Å²) in [4.78, 5) is 16.3. The first-order valence-corrected chi connectivity index (χ1v) is 13.0. The molecule has 0 amide bonds. The normalized spacial score (nSPS) is 16.4. The van der Waals surface area contributed by atoms with Gasteiger partial charge in [-0.2, -0.15) is 0 Å². The Hall–Kier alpha value is -3.10. The molecule has 2 N–H and O–H groups in total. The van der Waals surface area contributed by atoms with Crippen molar-refractivity contribution in [1.82, 2.24) is 14.8 Å². The number of aromatic amines is 1. The lowest BCUT2D eigenvalue weighted by molar-refractivity contribution is 0.351. The van der Waals surface area contributed by atoms with E-state index in [4.69, 9.17) is 23.2 Å². The largest absolute Gasteiger partial charge is 0.321 e. The Kier molecular flexibility index (Phi) is 5.73. The molecule has 0 fully saturated rings. The molecule has 4 aromatic rings. The number of sulfonamides is 1. The van der Waals surface area contributed by atoms with Gasteiger partial charge in [0.1, 0.15) is 0 Å². The van der Waals surface area contributed by atoms with Crippen molar-refractivity contribution in [2.24, 2.45) is 0 Å². The minimum absolute atomic E-state index is 0.325. The van der Waals surface area contributed by atoms with E-state index in [1.807, 2.05) is 30.3 Å². The van der Waals surface area contributed by atoms with Crippen LogP contribution in [0.5, 0.6) is 0 Å². The van der Waals surface area contributed by atoms with Crippen molar-refractivity contribution in [3.05, 3.63) is 110 Å². The van der Waals surface area contributed by atoms with E-state index < -0.39 is 16.1 Å². The smallest absolute Gasteiger partial charge is 0.258 e. The molecule has 3 aromatic carbocycles. The zero-order valence-corrected chi connectivity index (χ0v) is 20.2. The van der Waals surface area contributed by atoms with Crippen LogP contribution in [0.4, 0.5) is 0 Å². The van der Waals surface area contributed by atoms with Crippen LogP contribution < -0.4 is 11.0 Å². The molecule has 1 atom stereocenters. The summed E-state index contributed by atoms with van der Waals surface area (Å²) in [5.74, 6) is 0. The highest BCUT2D eigenvalue weighted by atomic mass is 35.5. The van der Waals surface area contributed by atoms with Gasteiger partial charge in [-0.25, -0.2) is 8.42 Å². The fourth-order valence-electron chi connectivity index (χ4n) is 4.20. The molecule has 1 aliphatic heterocycles. The van der Waals surface area contributed by atoms with Gasteiger partial charge in [-0.15, -0.1) is 4.41 Å². The lowest BCUT2D eigenvalue weighted by Crippen LogP contribution is -2.39. The lowest BCUT2D eigenvalue weighted by atomic mass is 9.94. The third-order valence-corrected chi connectivity index (χ3v) is 7.20. The fourth-order valence-corrected chi connectivity index (χ4v) is 5.36. The molecule has 0 unspecified atom stereocenters. The van der Waals surface area contributed by atoms with Crippen LogP contribution >= 0.6 is 23.2 Å². The summed E-state index contributed by atoms with van der Waals surface area (Å²) in [5.41, 5.74) is 6.12. The van der Waals surface area contributed by atoms with Crippen LogP contribution in [0.3, 0.4) is 0 Å². The SMILES string of the molecule is CS(=O)(=O)N1NC(c2c(-c3ccccc3)c3cc(Cl)ccc3[nH]c2=O)=C[C@@H]1c1ccc(Cl)cc1. The Morgan fingerprint density at radius 2 is 1.56 bits per heavy atom. The summed E-state index contributed by atoms with van der Waals surface area (Å²) in [7, 11) is -3.69. The van der Waals surface area contributed by atoms with Crippen molar-refractivity contribution in [2.45, 2.75) is 6.04 Å². The number of hydrogen-bond acceptors (Lipinski definition) is 4. The van der Waals surface area contributed by atoms with E-state index >= 15 is 0 Å². The van der Waals surface area contributed by atoms with Gasteiger partial charge in [0.25, 0.3) is 5.56 Å². The van der Waals surface area contributed by atoms with Gasteiger partial charge in [0.05, 0.1) is 23.6 Å². The van der Waals surface area contributed by atoms with Gasteiger partial charge in [0.2, 0.25) is 10.0 Å². The van der Waals surface area contributed by atoms with Gasteiger partial charge in [-0.3, -0.25) is 4.79 Å². The number of hydrogen-bond donors (Lipinski definition) is 2. The molecule has 5 rings (SSSR count). The summed E-state index contributed by atoms with van der Waals surface area (Å²) < 4.78 is 26.5. The molecule has 0 radical (unpaired) electrons. The van der Waals surface area contributed by atoms with Gasteiger partial charge >= 0.3 is 0 Å². The topological polar surface area (TPSA) is 82.3 Å². The first kappa shape index (κ1) is 22.7. The molecule has 0 saturated heterocycles. The van der Waals surface area contributed by atoms with Crippen molar-refractivity contribution in [3.63, 3.8) is 0 Å². The molecular formula is C25H19Cl2N3O3S. The summed E-state index contributed by atoms with van der Waals surface area (Å²) in [6.07, 6.45) is 2.85. The van der Waals surface area contributed by atoms with Crippen LogP contribution in [0.2, 0.25) is 10.0 Å². The van der Waals surface area contributed by atoms with E-state index in [2.05, 4.69) is 10.4 Å². The number of rotatable bonds is 4. The number of benzene rings is 3. The van der Waals surface area contributed by atoms with Crippen LogP contribution in [0.25, 0.3) is 27.7 Å². The van der Waals surface area contributed by atoms with Gasteiger partial charge in [0, 0.05) is 26.5 Å². The van der Waals surface area contributed by atoms with Crippen LogP contribution in [-0.4, -0.2) is 24.1 Å². The number of H-pyrrole nitrogens is 1. The Bertz CT molecular complexity index is 1600. The van der Waals surface area contributed by atoms with Crippen LogP contribution in [0, 0.1) is 0 Å². The Morgan fingerprint density at radius 1 is 0.882 bits per heavy atom. The predicted octanol–water partition coefficient (Wildman–Crippen LogP) is 5.36. The fraction of sp³-hybridized carbons (Fsp3) is 0.0800. The second-order valence-electron chi connectivity index (χ2n) is 8.01. The maximum atomic E-state index is 13.4. The second kappa shape index (κ2) is 8.60. The van der Waals surface area contributed by atoms with Gasteiger partial charge in [-0.05, 0) is 47.5 Å². The number of aromatic nitrogens is 1. The number of fused-ring (bicyclic) bond motifs is 1. The minimum atomic E-state index is -3.69. The van der Waals surface area contributed by atoms with Crippen LogP contribution in [0.15, 0.2) is 83.7 Å².